The number of nitrogens with zero attached hydrogens (tertiary/aromatic N) is 1. The number of carbonyl (C=O) groups is 3. The standard InChI is InChI=1S/C13H20N2O8S/c1-12(2)7(10(17)22-13(3,4)23-11(18)21-5)15-8(16)6(14)9(15)24(12,19)20/h6-7,9H,14H2,1-5H3/t6?,7-,9+/m0/s1. The molecular formula is C13H20N2O8S. The van der Waals surface area contributed by atoms with Crippen molar-refractivity contribution in [2.75, 3.05) is 7.11 Å². The molecule has 0 radical (unpaired) electrons. The Balaban J connectivity index is 2.29. The number of hydrogen-bond donors (Lipinski definition) is 1. The predicted octanol–water partition coefficient (Wildman–Crippen LogP) is -0.880. The van der Waals surface area contributed by atoms with E-state index in [1.54, 1.807) is 0 Å². The van der Waals surface area contributed by atoms with Gasteiger partial charge in [-0.05, 0) is 13.8 Å². The fourth-order valence-corrected chi connectivity index (χ4v) is 5.06. The van der Waals surface area contributed by atoms with Crippen LogP contribution in [-0.2, 0) is 33.6 Å². The van der Waals surface area contributed by atoms with Crippen LogP contribution in [0.15, 0.2) is 0 Å². The molecule has 0 saturated carbocycles. The first kappa shape index (κ1) is 18.5. The molecule has 2 fully saturated rings. The third-order valence-corrected chi connectivity index (χ3v) is 7.02. The molecule has 2 rings (SSSR count). The summed E-state index contributed by atoms with van der Waals surface area (Å²) in [5.41, 5.74) is 5.57. The zero-order valence-electron chi connectivity index (χ0n) is 13.9. The van der Waals surface area contributed by atoms with Crippen molar-refractivity contribution in [1.29, 1.82) is 0 Å². The van der Waals surface area contributed by atoms with Crippen molar-refractivity contribution >= 4 is 27.9 Å². The van der Waals surface area contributed by atoms with Crippen LogP contribution in [0.25, 0.3) is 0 Å². The second-order valence-electron chi connectivity index (χ2n) is 6.59. The van der Waals surface area contributed by atoms with Gasteiger partial charge in [-0.1, -0.05) is 0 Å². The van der Waals surface area contributed by atoms with E-state index in [0.29, 0.717) is 0 Å². The lowest BCUT2D eigenvalue weighted by Crippen LogP contribution is -2.70. The Morgan fingerprint density at radius 1 is 1.25 bits per heavy atom. The zero-order valence-corrected chi connectivity index (χ0v) is 14.7. The highest BCUT2D eigenvalue weighted by Gasteiger charge is 2.71. The number of methoxy groups -OCH3 is 1. The van der Waals surface area contributed by atoms with Crippen LogP contribution >= 0.6 is 0 Å². The van der Waals surface area contributed by atoms with Crippen molar-refractivity contribution < 1.29 is 37.0 Å². The molecule has 0 aliphatic carbocycles. The van der Waals surface area contributed by atoms with Crippen LogP contribution in [-0.4, -0.2) is 66.5 Å². The third-order valence-electron chi connectivity index (χ3n) is 4.17. The minimum Gasteiger partial charge on any atom is -0.438 e. The highest BCUT2D eigenvalue weighted by Crippen LogP contribution is 2.45. The number of ether oxygens (including phenoxy) is 3. The molecule has 2 aliphatic rings. The molecule has 1 amide bonds. The summed E-state index contributed by atoms with van der Waals surface area (Å²) in [4.78, 5) is 36.6. The maximum Gasteiger partial charge on any atom is 0.511 e. The fraction of sp³-hybridized carbons (Fsp3) is 0.769. The molecule has 0 aromatic carbocycles. The van der Waals surface area contributed by atoms with Crippen molar-refractivity contribution in [2.24, 2.45) is 5.73 Å². The van der Waals surface area contributed by atoms with Gasteiger partial charge in [0.05, 0.1) is 7.11 Å². The van der Waals surface area contributed by atoms with Crippen LogP contribution in [0.2, 0.25) is 0 Å². The summed E-state index contributed by atoms with van der Waals surface area (Å²) < 4.78 is 37.7. The number of esters is 1. The van der Waals surface area contributed by atoms with Crippen LogP contribution in [0.4, 0.5) is 4.79 Å². The van der Waals surface area contributed by atoms with E-state index in [-0.39, 0.29) is 0 Å². The molecular weight excluding hydrogens is 344 g/mol. The molecule has 0 bridgehead atoms. The quantitative estimate of drug-likeness (QED) is 0.383. The van der Waals surface area contributed by atoms with E-state index in [1.165, 1.54) is 27.7 Å². The van der Waals surface area contributed by atoms with Gasteiger partial charge in [0.2, 0.25) is 5.91 Å². The van der Waals surface area contributed by atoms with Crippen LogP contribution < -0.4 is 5.73 Å². The van der Waals surface area contributed by atoms with E-state index in [0.717, 1.165) is 12.0 Å². The minimum absolute atomic E-state index is 0.650. The molecule has 3 atom stereocenters. The van der Waals surface area contributed by atoms with Crippen molar-refractivity contribution in [1.82, 2.24) is 4.90 Å². The van der Waals surface area contributed by atoms with Gasteiger partial charge in [0.25, 0.3) is 5.79 Å². The molecule has 0 aromatic heterocycles. The average Bonchev–Trinajstić information content (AvgIpc) is 2.58. The molecule has 0 spiro atoms. The lowest BCUT2D eigenvalue weighted by Gasteiger charge is -2.41. The first-order valence-electron chi connectivity index (χ1n) is 7.09. The largest absolute Gasteiger partial charge is 0.511 e. The van der Waals surface area contributed by atoms with Gasteiger partial charge in [0, 0.05) is 13.8 Å². The zero-order chi connectivity index (χ0) is 18.7. The number of carbonyl (C=O) groups excluding carboxylic acids is 3. The molecule has 2 N–H and O–H groups in total. The molecule has 2 saturated heterocycles. The van der Waals surface area contributed by atoms with Gasteiger partial charge in [0.1, 0.15) is 16.8 Å². The Kier molecular flexibility index (Phi) is 4.09. The van der Waals surface area contributed by atoms with E-state index in [9.17, 15) is 22.8 Å². The SMILES string of the molecule is COC(=O)OC(C)(C)OC(=O)[C@@H]1N2C(=O)C(N)[C@H]2S(=O)(=O)C1(C)C. The second-order valence-corrected chi connectivity index (χ2v) is 9.22. The highest BCUT2D eigenvalue weighted by atomic mass is 32.2. The smallest absolute Gasteiger partial charge is 0.438 e. The number of amides is 1. The van der Waals surface area contributed by atoms with Gasteiger partial charge >= 0.3 is 12.1 Å². The van der Waals surface area contributed by atoms with Crippen LogP contribution in [0.1, 0.15) is 27.7 Å². The molecule has 11 heteroatoms. The molecule has 24 heavy (non-hydrogen) atoms. The lowest BCUT2D eigenvalue weighted by atomic mass is 9.96. The van der Waals surface area contributed by atoms with E-state index < -0.39 is 55.9 Å². The lowest BCUT2D eigenvalue weighted by molar-refractivity contribution is -0.207. The Morgan fingerprint density at radius 2 is 1.79 bits per heavy atom. The van der Waals surface area contributed by atoms with Crippen LogP contribution in [0.5, 0.6) is 0 Å². The first-order valence-corrected chi connectivity index (χ1v) is 8.63. The number of hydrogen-bond acceptors (Lipinski definition) is 9. The van der Waals surface area contributed by atoms with E-state index in [2.05, 4.69) is 4.74 Å². The Labute approximate surface area is 139 Å². The molecule has 2 heterocycles. The van der Waals surface area contributed by atoms with Gasteiger partial charge in [0.15, 0.2) is 15.2 Å². The van der Waals surface area contributed by atoms with Gasteiger partial charge in [-0.25, -0.2) is 18.0 Å². The summed E-state index contributed by atoms with van der Waals surface area (Å²) in [6.07, 6.45) is -1.08. The van der Waals surface area contributed by atoms with E-state index in [4.69, 9.17) is 15.2 Å². The molecule has 2 aliphatic heterocycles. The van der Waals surface area contributed by atoms with Gasteiger partial charge in [-0.2, -0.15) is 0 Å². The summed E-state index contributed by atoms with van der Waals surface area (Å²) in [5, 5.41) is -1.26. The number of sulfone groups is 1. The second kappa shape index (κ2) is 5.31. The molecule has 10 nitrogen and oxygen atoms in total. The number of fused-ring (bicyclic) bond motifs is 1. The van der Waals surface area contributed by atoms with Crippen LogP contribution in [0.3, 0.4) is 0 Å². The Morgan fingerprint density at radius 3 is 2.29 bits per heavy atom. The predicted molar refractivity (Wildman–Crippen MR) is 79.1 cm³/mol. The van der Waals surface area contributed by atoms with Gasteiger partial charge in [-0.15, -0.1) is 0 Å². The first-order chi connectivity index (χ1) is 10.8. The fourth-order valence-electron chi connectivity index (χ4n) is 2.89. The van der Waals surface area contributed by atoms with Gasteiger partial charge in [-0.3, -0.25) is 4.79 Å². The number of β-lactam (4-membered cyclic amide) rings is 1. The molecule has 0 aromatic rings. The minimum atomic E-state index is -3.88. The number of rotatable bonds is 3. The topological polar surface area (TPSA) is 142 Å². The summed E-state index contributed by atoms with van der Waals surface area (Å²) in [6.45, 7) is 5.19. The third kappa shape index (κ3) is 2.42. The number of nitrogens with two attached hydrogens (primary N) is 1. The van der Waals surface area contributed by atoms with Gasteiger partial charge < -0.3 is 24.8 Å². The normalized spacial score (nSPS) is 30.2. The molecule has 1 unspecified atom stereocenters. The monoisotopic (exact) mass is 364 g/mol. The maximum absolute atomic E-state index is 12.5. The average molecular weight is 364 g/mol. The summed E-state index contributed by atoms with van der Waals surface area (Å²) in [5.74, 6) is -3.37. The maximum atomic E-state index is 12.5. The van der Waals surface area contributed by atoms with Crippen molar-refractivity contribution in [3.05, 3.63) is 0 Å². The van der Waals surface area contributed by atoms with E-state index >= 15 is 0 Å². The van der Waals surface area contributed by atoms with Crippen molar-refractivity contribution in [2.45, 2.75) is 55.7 Å². The van der Waals surface area contributed by atoms with Crippen LogP contribution in [0, 0.1) is 0 Å². The molecule has 136 valence electrons. The summed E-state index contributed by atoms with van der Waals surface area (Å²) >= 11 is 0. The summed E-state index contributed by atoms with van der Waals surface area (Å²) in [6, 6.07) is -2.59. The van der Waals surface area contributed by atoms with Crippen molar-refractivity contribution in [3.8, 4) is 0 Å². The Hall–Kier alpha value is -1.88. The van der Waals surface area contributed by atoms with Crippen molar-refractivity contribution in [3.63, 3.8) is 0 Å². The summed E-state index contributed by atoms with van der Waals surface area (Å²) in [7, 11) is -2.80. The highest BCUT2D eigenvalue weighted by molar-refractivity contribution is 7.94. The Bertz CT molecular complexity index is 699. The van der Waals surface area contributed by atoms with E-state index in [1.807, 2.05) is 0 Å².